The van der Waals surface area contributed by atoms with Gasteiger partial charge in [-0.1, -0.05) is 106 Å². The van der Waals surface area contributed by atoms with Crippen molar-refractivity contribution in [2.24, 2.45) is 0 Å². The molecule has 8 aromatic carbocycles. The molecule has 3 aromatic heterocycles. The summed E-state index contributed by atoms with van der Waals surface area (Å²) in [5.74, 6) is 0. The number of nitrogens with zero attached hydrogens (tertiary/aromatic N) is 1. The summed E-state index contributed by atoms with van der Waals surface area (Å²) in [5, 5.41) is 6.61. The first-order valence-electron chi connectivity index (χ1n) is 19.2. The highest BCUT2D eigenvalue weighted by atomic mass is 16.3. The molecule has 4 nitrogen and oxygen atoms in total. The third-order valence-electron chi connectivity index (χ3n) is 11.2. The topological polar surface area (TPSA) is 42.7 Å². The number of hydrogen-bond acceptors (Lipinski definition) is 4. The second kappa shape index (κ2) is 12.2. The van der Waals surface area contributed by atoms with E-state index in [-0.39, 0.29) is 5.41 Å². The maximum absolute atomic E-state index is 6.81. The first-order valence-corrected chi connectivity index (χ1v) is 19.2. The van der Waals surface area contributed by atoms with Gasteiger partial charge in [0, 0.05) is 43.7 Å². The van der Waals surface area contributed by atoms with Gasteiger partial charge in [-0.25, -0.2) is 0 Å². The van der Waals surface area contributed by atoms with Gasteiger partial charge in [0.05, 0.1) is 5.69 Å². The maximum atomic E-state index is 6.81. The minimum Gasteiger partial charge on any atom is -0.456 e. The Balaban J connectivity index is 0.967. The highest BCUT2D eigenvalue weighted by molar-refractivity contribution is 6.12. The van der Waals surface area contributed by atoms with Gasteiger partial charge >= 0.3 is 0 Å². The fraction of sp³-hybridized carbons (Fsp3) is 0.0769. The molecule has 0 spiro atoms. The molecule has 3 heterocycles. The molecule has 11 rings (SSSR count). The van der Waals surface area contributed by atoms with E-state index in [1.807, 2.05) is 18.2 Å². The normalized spacial score (nSPS) is 12.2. The Hall–Kier alpha value is -7.04. The summed E-state index contributed by atoms with van der Waals surface area (Å²) < 4.78 is 19.5. The predicted molar refractivity (Wildman–Crippen MR) is 233 cm³/mol. The van der Waals surface area contributed by atoms with Gasteiger partial charge in [-0.2, -0.15) is 0 Å². The lowest BCUT2D eigenvalue weighted by Gasteiger charge is -2.27. The van der Waals surface area contributed by atoms with E-state index in [0.29, 0.717) is 0 Å². The molecule has 0 N–H and O–H groups in total. The molecule has 0 amide bonds. The minimum atomic E-state index is 0.0678. The molecule has 0 fully saturated rings. The molecule has 56 heavy (non-hydrogen) atoms. The van der Waals surface area contributed by atoms with Crippen molar-refractivity contribution in [2.75, 3.05) is 4.90 Å². The van der Waals surface area contributed by atoms with Gasteiger partial charge in [0.1, 0.15) is 27.9 Å². The fourth-order valence-electron chi connectivity index (χ4n) is 8.30. The van der Waals surface area contributed by atoms with Gasteiger partial charge in [0.2, 0.25) is 0 Å². The van der Waals surface area contributed by atoms with Crippen LogP contribution in [0.15, 0.2) is 183 Å². The summed E-state index contributed by atoms with van der Waals surface area (Å²) in [6, 6.07) is 59.9. The lowest BCUT2D eigenvalue weighted by Crippen LogP contribution is -2.13. The molecule has 0 radical (unpaired) electrons. The standard InChI is InChI=1S/C52H37NO3/c1-52(2,3)36-20-22-38(23-21-36)53(37-10-5-4-6-11-37)45-14-9-13-44-43-27-19-35(31-50(43)56-51(44)45)34-18-26-42-41-25-17-33(29-48(41)55-49(42)30-34)32-16-24-40-39-12-7-8-15-46(39)54-47(40)28-32/h4-31H,1-3H3. The zero-order valence-corrected chi connectivity index (χ0v) is 31.3. The summed E-state index contributed by atoms with van der Waals surface area (Å²) in [4.78, 5) is 2.29. The number of anilines is 3. The number of furan rings is 3. The maximum Gasteiger partial charge on any atom is 0.159 e. The highest BCUT2D eigenvalue weighted by Crippen LogP contribution is 2.44. The lowest BCUT2D eigenvalue weighted by atomic mass is 9.87. The Labute approximate surface area is 323 Å². The lowest BCUT2D eigenvalue weighted by molar-refractivity contribution is 0.590. The number of rotatable bonds is 5. The summed E-state index contributed by atoms with van der Waals surface area (Å²) in [6.07, 6.45) is 0. The Morgan fingerprint density at radius 3 is 1.38 bits per heavy atom. The molecule has 0 atom stereocenters. The third-order valence-corrected chi connectivity index (χ3v) is 11.2. The second-order valence-corrected chi connectivity index (χ2v) is 15.8. The fourth-order valence-corrected chi connectivity index (χ4v) is 8.30. The van der Waals surface area contributed by atoms with Crippen molar-refractivity contribution >= 4 is 82.9 Å². The van der Waals surface area contributed by atoms with Crippen molar-refractivity contribution in [1.82, 2.24) is 0 Å². The van der Waals surface area contributed by atoms with Gasteiger partial charge in [-0.3, -0.25) is 0 Å². The van der Waals surface area contributed by atoms with Gasteiger partial charge in [-0.05, 0) is 118 Å². The third kappa shape index (κ3) is 5.21. The van der Waals surface area contributed by atoms with E-state index in [4.69, 9.17) is 13.3 Å². The average Bonchev–Trinajstić information content (AvgIpc) is 3.91. The van der Waals surface area contributed by atoms with Crippen LogP contribution in [0.3, 0.4) is 0 Å². The minimum absolute atomic E-state index is 0.0678. The molecular formula is C52H37NO3. The SMILES string of the molecule is CC(C)(C)c1ccc(N(c2ccccc2)c2cccc3c2oc2cc(-c4ccc5c(c4)oc4cc(-c6ccc7c(c6)oc6ccccc67)ccc45)ccc23)cc1. The molecule has 0 unspecified atom stereocenters. The smallest absolute Gasteiger partial charge is 0.159 e. The molecule has 0 aliphatic rings. The first-order chi connectivity index (χ1) is 27.4. The predicted octanol–water partition coefficient (Wildman–Crippen LogP) is 15.5. The quantitative estimate of drug-likeness (QED) is 0.177. The molecule has 0 saturated carbocycles. The largest absolute Gasteiger partial charge is 0.456 e. The number of para-hydroxylation sites is 3. The van der Waals surface area contributed by atoms with Crippen LogP contribution in [0.1, 0.15) is 26.3 Å². The Morgan fingerprint density at radius 1 is 0.357 bits per heavy atom. The number of benzene rings is 8. The van der Waals surface area contributed by atoms with Crippen molar-refractivity contribution in [3.05, 3.63) is 175 Å². The van der Waals surface area contributed by atoms with Gasteiger partial charge < -0.3 is 18.2 Å². The van der Waals surface area contributed by atoms with Crippen molar-refractivity contribution in [2.45, 2.75) is 26.2 Å². The van der Waals surface area contributed by atoms with Crippen molar-refractivity contribution in [1.29, 1.82) is 0 Å². The van der Waals surface area contributed by atoms with Crippen LogP contribution in [-0.2, 0) is 5.41 Å². The van der Waals surface area contributed by atoms with E-state index in [1.165, 1.54) is 5.56 Å². The highest BCUT2D eigenvalue weighted by Gasteiger charge is 2.21. The summed E-state index contributed by atoms with van der Waals surface area (Å²) in [5.41, 5.74) is 14.0. The van der Waals surface area contributed by atoms with E-state index in [2.05, 4.69) is 177 Å². The van der Waals surface area contributed by atoms with Crippen LogP contribution in [0, 0.1) is 0 Å². The van der Waals surface area contributed by atoms with Gasteiger partial charge in [0.25, 0.3) is 0 Å². The van der Waals surface area contributed by atoms with E-state index >= 15 is 0 Å². The van der Waals surface area contributed by atoms with Crippen molar-refractivity contribution in [3.63, 3.8) is 0 Å². The summed E-state index contributed by atoms with van der Waals surface area (Å²) in [6.45, 7) is 6.74. The molecule has 0 saturated heterocycles. The van der Waals surface area contributed by atoms with Crippen LogP contribution in [0.5, 0.6) is 0 Å². The van der Waals surface area contributed by atoms with Gasteiger partial charge in [-0.15, -0.1) is 0 Å². The van der Waals surface area contributed by atoms with Crippen molar-refractivity contribution < 1.29 is 13.3 Å². The molecular weight excluding hydrogens is 687 g/mol. The molecule has 0 aliphatic carbocycles. The summed E-state index contributed by atoms with van der Waals surface area (Å²) >= 11 is 0. The zero-order valence-electron chi connectivity index (χ0n) is 31.3. The van der Waals surface area contributed by atoms with Crippen LogP contribution in [-0.4, -0.2) is 0 Å². The van der Waals surface area contributed by atoms with Crippen LogP contribution in [0.2, 0.25) is 0 Å². The summed E-state index contributed by atoms with van der Waals surface area (Å²) in [7, 11) is 0. The van der Waals surface area contributed by atoms with Crippen molar-refractivity contribution in [3.8, 4) is 22.3 Å². The zero-order chi connectivity index (χ0) is 37.5. The second-order valence-electron chi connectivity index (χ2n) is 15.8. The molecule has 0 bridgehead atoms. The van der Waals surface area contributed by atoms with E-state index in [9.17, 15) is 0 Å². The monoisotopic (exact) mass is 723 g/mol. The Morgan fingerprint density at radius 2 is 0.804 bits per heavy atom. The first kappa shape index (κ1) is 32.4. The number of fused-ring (bicyclic) bond motifs is 9. The van der Waals surface area contributed by atoms with Crippen LogP contribution in [0.4, 0.5) is 17.1 Å². The van der Waals surface area contributed by atoms with E-state index in [1.54, 1.807) is 0 Å². The van der Waals surface area contributed by atoms with Crippen LogP contribution >= 0.6 is 0 Å². The van der Waals surface area contributed by atoms with Crippen LogP contribution in [0.25, 0.3) is 88.1 Å². The van der Waals surface area contributed by atoms with E-state index < -0.39 is 0 Å². The molecule has 0 aliphatic heterocycles. The Kier molecular flexibility index (Phi) is 7.08. The number of hydrogen-bond donors (Lipinski definition) is 0. The van der Waals surface area contributed by atoms with E-state index in [0.717, 1.165) is 105 Å². The van der Waals surface area contributed by atoms with Crippen LogP contribution < -0.4 is 4.90 Å². The van der Waals surface area contributed by atoms with Gasteiger partial charge in [0.15, 0.2) is 5.58 Å². The molecule has 4 heteroatoms. The molecule has 268 valence electrons. The molecule has 11 aromatic rings. The Bertz CT molecular complexity index is 3280. The average molecular weight is 724 g/mol.